The largest absolute Gasteiger partial charge is 0.473 e. The summed E-state index contributed by atoms with van der Waals surface area (Å²) in [5, 5.41) is 6.76. The molecule has 1 amide bonds. The number of nitrogens with two attached hydrogens (primary N) is 1. The van der Waals surface area contributed by atoms with Gasteiger partial charge in [0.2, 0.25) is 5.91 Å². The Kier molecular flexibility index (Phi) is 11.3. The van der Waals surface area contributed by atoms with Gasteiger partial charge in [0.25, 0.3) is 0 Å². The zero-order chi connectivity index (χ0) is 6.99. The Morgan fingerprint density at radius 2 is 2.00 bits per heavy atom. The molecule has 0 unspecified atom stereocenters. The Morgan fingerprint density at radius 1 is 1.88 bits per heavy atom. The first kappa shape index (κ1) is 9.84. The average Bonchev–Trinajstić information content (AvgIpc) is 1.69. The van der Waals surface area contributed by atoms with Crippen LogP contribution in [0.15, 0.2) is 12.7 Å². The van der Waals surface area contributed by atoms with E-state index < -0.39 is 5.91 Å². The zero-order valence-corrected chi connectivity index (χ0v) is 4.13. The first-order valence-corrected chi connectivity index (χ1v) is 1.62. The maximum absolute atomic E-state index is 9.47. The fourth-order valence-electron chi connectivity index (χ4n) is 0. The molecule has 0 aliphatic heterocycles. The van der Waals surface area contributed by atoms with Crippen LogP contribution in [0.5, 0.6) is 0 Å². The van der Waals surface area contributed by atoms with Crippen LogP contribution in [-0.4, -0.2) is 17.5 Å². The van der Waals surface area contributed by atoms with Crippen LogP contribution in [0.3, 0.4) is 0 Å². The second kappa shape index (κ2) is 9.19. The van der Waals surface area contributed by atoms with Gasteiger partial charge in [-0.3, -0.25) is 4.79 Å². The molecule has 8 heavy (non-hydrogen) atoms. The third-order valence-electron chi connectivity index (χ3n) is 0.201. The molecule has 0 heterocycles. The molecule has 0 spiro atoms. The van der Waals surface area contributed by atoms with Crippen molar-refractivity contribution in [1.29, 1.82) is 0 Å². The first-order chi connectivity index (χ1) is 3.68. The van der Waals surface area contributed by atoms with E-state index in [-0.39, 0.29) is 0 Å². The zero-order valence-electron chi connectivity index (χ0n) is 4.13. The third-order valence-corrected chi connectivity index (χ3v) is 0.201. The normalized spacial score (nSPS) is 5.50. The number of carbonyl (C=O) groups excluding carboxylic acids is 1. The van der Waals surface area contributed by atoms with Crippen molar-refractivity contribution < 1.29 is 14.7 Å². The number of amides is 1. The number of carbonyl (C=O) groups is 1. The minimum atomic E-state index is -0.481. The molecule has 45 valence electrons. The Balaban J connectivity index is 0. The molecule has 0 aromatic carbocycles. The lowest BCUT2D eigenvalue weighted by Crippen LogP contribution is -2.04. The van der Waals surface area contributed by atoms with E-state index in [1.807, 2.05) is 0 Å². The average molecular weight is 116 g/mol. The highest BCUT2D eigenvalue weighted by atomic mass is 16.3. The molecule has 0 aliphatic rings. The smallest absolute Gasteiger partial charge is 0.414 e. The van der Waals surface area contributed by atoms with E-state index in [0.29, 0.717) is 6.47 Å². The lowest BCUT2D eigenvalue weighted by Gasteiger charge is -1.65. The van der Waals surface area contributed by atoms with Crippen molar-refractivity contribution in [3.05, 3.63) is 12.7 Å². The summed E-state index contributed by atoms with van der Waals surface area (Å²) in [6.45, 7) is 3.59. The van der Waals surface area contributed by atoms with E-state index in [4.69, 9.17) is 9.90 Å². The van der Waals surface area contributed by atoms with Crippen LogP contribution in [0.2, 0.25) is 0 Å². The van der Waals surface area contributed by atoms with Crippen molar-refractivity contribution in [2.75, 3.05) is 0 Å². The van der Waals surface area contributed by atoms with Gasteiger partial charge in [-0.2, -0.15) is 0 Å². The quantitative estimate of drug-likeness (QED) is 0.443. The molecule has 3 N–H and O–H groups in total. The second-order valence-electron chi connectivity index (χ2n) is 0.698. The van der Waals surface area contributed by atoms with Crippen molar-refractivity contribution in [2.24, 2.45) is 5.73 Å². The van der Waals surface area contributed by atoms with Gasteiger partial charge in [-0.15, -0.1) is 0 Å². The summed E-state index contributed by atoms with van der Waals surface area (Å²) in [6.07, 6.45) is 1.06. The van der Waals surface area contributed by atoms with Gasteiger partial charge in [-0.25, -0.2) is 4.79 Å². The van der Waals surface area contributed by atoms with Crippen LogP contribution in [-0.2, 0) is 9.59 Å². The van der Waals surface area contributed by atoms with Crippen molar-refractivity contribution >= 4 is 12.4 Å². The number of hydrogen-bond donors (Lipinski definition) is 2. The van der Waals surface area contributed by atoms with Gasteiger partial charge >= 0.3 is 6.47 Å². The number of rotatable bonds is 1. The van der Waals surface area contributed by atoms with E-state index in [9.17, 15) is 4.79 Å². The topological polar surface area (TPSA) is 80.4 Å². The first-order valence-electron chi connectivity index (χ1n) is 1.62. The summed E-state index contributed by atoms with van der Waals surface area (Å²) in [6, 6.07) is 0. The van der Waals surface area contributed by atoms with Gasteiger partial charge < -0.3 is 10.8 Å². The molecule has 0 saturated carbocycles. The van der Waals surface area contributed by atoms with E-state index in [2.05, 4.69) is 12.3 Å². The minimum absolute atomic E-state index is 0.481. The molecule has 0 rings (SSSR count). The maximum Gasteiger partial charge on any atom is 0.414 e. The molecule has 0 atom stereocenters. The van der Waals surface area contributed by atoms with E-state index >= 15 is 0 Å². The van der Waals surface area contributed by atoms with Gasteiger partial charge in [0, 0.05) is 0 Å². The molecule has 0 fully saturated rings. The fourth-order valence-corrected chi connectivity index (χ4v) is 0. The summed E-state index contributed by atoms with van der Waals surface area (Å²) >= 11 is 0. The summed E-state index contributed by atoms with van der Waals surface area (Å²) in [5.41, 5.74) is 4.53. The SMILES string of the molecule is C=CC(N)=O.O=[C]O. The number of hydrogen-bond acceptors (Lipinski definition) is 2. The third kappa shape index (κ3) is 137. The van der Waals surface area contributed by atoms with Gasteiger partial charge in [0.05, 0.1) is 0 Å². The van der Waals surface area contributed by atoms with Crippen LogP contribution in [0.25, 0.3) is 0 Å². The van der Waals surface area contributed by atoms with Crippen molar-refractivity contribution in [3.63, 3.8) is 0 Å². The highest BCUT2D eigenvalue weighted by Crippen LogP contribution is 1.48. The summed E-state index contributed by atoms with van der Waals surface area (Å²) in [5.74, 6) is -0.481. The van der Waals surface area contributed by atoms with Crippen LogP contribution in [0, 0.1) is 0 Å². The van der Waals surface area contributed by atoms with Gasteiger partial charge in [0.15, 0.2) is 0 Å². The van der Waals surface area contributed by atoms with Crippen LogP contribution in [0.1, 0.15) is 0 Å². The lowest BCUT2D eigenvalue weighted by molar-refractivity contribution is -0.113. The monoisotopic (exact) mass is 116 g/mol. The Labute approximate surface area is 46.6 Å². The van der Waals surface area contributed by atoms with Crippen LogP contribution < -0.4 is 5.73 Å². The molecule has 0 aromatic heterocycles. The molecule has 0 aromatic rings. The number of primary amides is 1. The molecule has 0 bridgehead atoms. The van der Waals surface area contributed by atoms with Crippen molar-refractivity contribution in [1.82, 2.24) is 0 Å². The lowest BCUT2D eigenvalue weighted by atomic mass is 10.6. The highest BCUT2D eigenvalue weighted by molar-refractivity contribution is 5.84. The second-order valence-corrected chi connectivity index (χ2v) is 0.698. The van der Waals surface area contributed by atoms with Crippen LogP contribution in [0.4, 0.5) is 0 Å². The highest BCUT2D eigenvalue weighted by Gasteiger charge is 1.69. The summed E-state index contributed by atoms with van der Waals surface area (Å²) < 4.78 is 0. The van der Waals surface area contributed by atoms with E-state index in [0.717, 1.165) is 6.08 Å². The maximum atomic E-state index is 9.47. The molecule has 1 radical (unpaired) electrons. The standard InChI is InChI=1S/C3H5NO.CHO2/c1-2-3(4)5;2-1-3/h2H,1H2,(H2,4,5);(H,2,3). The molecule has 4 nitrogen and oxygen atoms in total. The van der Waals surface area contributed by atoms with Crippen LogP contribution >= 0.6 is 0 Å². The minimum Gasteiger partial charge on any atom is -0.473 e. The molecular formula is C4H6NO3. The molecular weight excluding hydrogens is 110 g/mol. The van der Waals surface area contributed by atoms with Gasteiger partial charge in [0.1, 0.15) is 0 Å². The summed E-state index contributed by atoms with van der Waals surface area (Å²) in [4.78, 5) is 17.7. The van der Waals surface area contributed by atoms with E-state index in [1.165, 1.54) is 0 Å². The molecule has 0 aliphatic carbocycles. The predicted octanol–water partition coefficient (Wildman–Crippen LogP) is -0.731. The Hall–Kier alpha value is -1.32. The van der Waals surface area contributed by atoms with Gasteiger partial charge in [-0.05, 0) is 6.08 Å². The van der Waals surface area contributed by atoms with Crippen molar-refractivity contribution in [3.8, 4) is 0 Å². The Morgan fingerprint density at radius 3 is 2.00 bits per heavy atom. The van der Waals surface area contributed by atoms with Gasteiger partial charge in [-0.1, -0.05) is 6.58 Å². The molecule has 0 saturated heterocycles. The number of aliphatic hydroxyl groups excluding tert-OH is 1. The van der Waals surface area contributed by atoms with Crippen molar-refractivity contribution in [2.45, 2.75) is 0 Å². The fraction of sp³-hybridized carbons (Fsp3) is 0. The van der Waals surface area contributed by atoms with E-state index in [1.54, 1.807) is 0 Å². The Bertz CT molecular complexity index is 89.3. The molecule has 4 heteroatoms. The summed E-state index contributed by atoms with van der Waals surface area (Å²) in [7, 11) is 0. The predicted molar refractivity (Wildman–Crippen MR) is 27.7 cm³/mol.